The lowest BCUT2D eigenvalue weighted by Crippen LogP contribution is -2.49. The number of hydrazine groups is 1. The fraction of sp³-hybridized carbons (Fsp3) is 0.406. The van der Waals surface area contributed by atoms with Crippen LogP contribution in [0.15, 0.2) is 54.6 Å². The van der Waals surface area contributed by atoms with Crippen molar-refractivity contribution in [2.24, 2.45) is 0 Å². The number of carboxylic acid groups (broad SMARTS) is 1. The fourth-order valence-electron chi connectivity index (χ4n) is 5.04. The molecule has 42 heavy (non-hydrogen) atoms. The number of nitrogens with one attached hydrogen (secondary N) is 1. The van der Waals surface area contributed by atoms with E-state index in [4.69, 9.17) is 9.47 Å². The van der Waals surface area contributed by atoms with E-state index in [1.165, 1.54) is 15.7 Å². The Labute approximate surface area is 246 Å². The first kappa shape index (κ1) is 30.8. The lowest BCUT2D eigenvalue weighted by Gasteiger charge is -2.26. The van der Waals surface area contributed by atoms with Gasteiger partial charge >= 0.3 is 6.09 Å². The number of fused-ring (bicyclic) bond motifs is 1. The third-order valence-electron chi connectivity index (χ3n) is 7.08. The van der Waals surface area contributed by atoms with Crippen molar-refractivity contribution in [3.05, 3.63) is 71.4 Å². The number of amides is 2. The molecule has 2 heterocycles. The number of carbonyl (C=O) groups excluding carboxylic acids is 2. The molecular formula is C32H40N4O6. The normalized spacial score (nSPS) is 14.4. The van der Waals surface area contributed by atoms with Gasteiger partial charge in [-0.25, -0.2) is 14.4 Å². The zero-order valence-corrected chi connectivity index (χ0v) is 24.9. The summed E-state index contributed by atoms with van der Waals surface area (Å²) >= 11 is 0. The number of para-hydroxylation sites is 1. The summed E-state index contributed by atoms with van der Waals surface area (Å²) < 4.78 is 12.5. The van der Waals surface area contributed by atoms with Gasteiger partial charge in [-0.3, -0.25) is 19.9 Å². The average Bonchev–Trinajstić information content (AvgIpc) is 3.30. The van der Waals surface area contributed by atoms with Gasteiger partial charge in [0.25, 0.3) is 11.8 Å². The van der Waals surface area contributed by atoms with Gasteiger partial charge in [-0.15, -0.1) is 0 Å². The van der Waals surface area contributed by atoms with Crippen LogP contribution < -0.4 is 10.2 Å². The van der Waals surface area contributed by atoms with Crippen LogP contribution in [-0.4, -0.2) is 83.0 Å². The van der Waals surface area contributed by atoms with Crippen LogP contribution in [0, 0.1) is 0 Å². The monoisotopic (exact) mass is 576 g/mol. The first-order valence-corrected chi connectivity index (χ1v) is 14.2. The Hall–Kier alpha value is -4.15. The molecule has 10 heteroatoms. The molecule has 10 nitrogen and oxygen atoms in total. The molecule has 1 saturated heterocycles. The van der Waals surface area contributed by atoms with Gasteiger partial charge in [0.2, 0.25) is 0 Å². The van der Waals surface area contributed by atoms with Gasteiger partial charge in [0.05, 0.1) is 18.7 Å². The summed E-state index contributed by atoms with van der Waals surface area (Å²) in [6, 6.07) is 13.7. The minimum Gasteiger partial charge on any atom is -0.492 e. The Bertz CT molecular complexity index is 1450. The third kappa shape index (κ3) is 7.18. The number of nitrogens with zero attached hydrogens (tertiary/aromatic N) is 3. The van der Waals surface area contributed by atoms with Crippen LogP contribution in [0.4, 0.5) is 4.79 Å². The summed E-state index contributed by atoms with van der Waals surface area (Å²) in [5.74, 6) is -0.202. The van der Waals surface area contributed by atoms with Crippen LogP contribution in [0.3, 0.4) is 0 Å². The molecule has 0 aliphatic carbocycles. The number of carbonyl (C=O) groups is 3. The highest BCUT2D eigenvalue weighted by atomic mass is 16.5. The van der Waals surface area contributed by atoms with Crippen molar-refractivity contribution in [1.82, 2.24) is 19.9 Å². The lowest BCUT2D eigenvalue weighted by molar-refractivity contribution is -0.130. The summed E-state index contributed by atoms with van der Waals surface area (Å²) in [4.78, 5) is 40.9. The van der Waals surface area contributed by atoms with E-state index in [-0.39, 0.29) is 6.04 Å². The smallest absolute Gasteiger partial charge is 0.416 e. The van der Waals surface area contributed by atoms with Gasteiger partial charge in [0.15, 0.2) is 0 Å². The molecule has 1 fully saturated rings. The minimum absolute atomic E-state index is 0.337. The van der Waals surface area contributed by atoms with E-state index in [0.717, 1.165) is 38.2 Å². The van der Waals surface area contributed by atoms with E-state index in [0.29, 0.717) is 34.7 Å². The first-order chi connectivity index (χ1) is 20.0. The van der Waals surface area contributed by atoms with Gasteiger partial charge in [-0.1, -0.05) is 39.0 Å². The second kappa shape index (κ2) is 13.2. The van der Waals surface area contributed by atoms with Crippen molar-refractivity contribution < 1.29 is 29.0 Å². The van der Waals surface area contributed by atoms with Gasteiger partial charge in [-0.05, 0) is 50.3 Å². The van der Waals surface area contributed by atoms with Crippen molar-refractivity contribution in [2.75, 3.05) is 39.5 Å². The predicted molar refractivity (Wildman–Crippen MR) is 162 cm³/mol. The molecule has 0 spiro atoms. The molecule has 1 aromatic heterocycles. The minimum atomic E-state index is -1.09. The highest BCUT2D eigenvalue weighted by molar-refractivity contribution is 6.02. The van der Waals surface area contributed by atoms with Gasteiger partial charge in [-0.2, -0.15) is 0 Å². The summed E-state index contributed by atoms with van der Waals surface area (Å²) in [5, 5.41) is 12.0. The zero-order valence-electron chi connectivity index (χ0n) is 24.9. The van der Waals surface area contributed by atoms with Crippen LogP contribution in [0.1, 0.15) is 56.2 Å². The molecule has 0 radical (unpaired) electrons. The van der Waals surface area contributed by atoms with Crippen molar-refractivity contribution in [1.29, 1.82) is 0 Å². The SMILES string of the molecule is CC(C)N(NC(=O)c1ccc(OCCN2CCOCC2)cc1)C(=O)C=Cc1c(C(C)(C)C)n(C(=O)O)c2ccccc12. The molecule has 0 saturated carbocycles. The number of morpholine rings is 1. The van der Waals surface area contributed by atoms with E-state index >= 15 is 0 Å². The Morgan fingerprint density at radius 3 is 2.36 bits per heavy atom. The van der Waals surface area contributed by atoms with Crippen LogP contribution >= 0.6 is 0 Å². The standard InChI is InChI=1S/C32H40N4O6/c1-22(2)36(33-30(38)23-10-12-24(13-11-23)42-21-18-34-16-19-41-20-17-34)28(37)15-14-26-25-8-6-7-9-27(25)35(31(39)40)29(26)32(3,4)5/h6-15,22H,16-21H2,1-5H3,(H,33,38)(H,39,40). The van der Waals surface area contributed by atoms with Crippen LogP contribution in [-0.2, 0) is 14.9 Å². The summed E-state index contributed by atoms with van der Waals surface area (Å²) in [6.07, 6.45) is 1.91. The van der Waals surface area contributed by atoms with Gasteiger partial charge in [0.1, 0.15) is 12.4 Å². The first-order valence-electron chi connectivity index (χ1n) is 14.2. The average molecular weight is 577 g/mol. The van der Waals surface area contributed by atoms with Gasteiger partial charge in [0, 0.05) is 59.4 Å². The highest BCUT2D eigenvalue weighted by Crippen LogP contribution is 2.35. The Balaban J connectivity index is 1.47. The Morgan fingerprint density at radius 2 is 1.74 bits per heavy atom. The Kier molecular flexibility index (Phi) is 9.70. The molecular weight excluding hydrogens is 536 g/mol. The van der Waals surface area contributed by atoms with Gasteiger partial charge < -0.3 is 14.6 Å². The summed E-state index contributed by atoms with van der Waals surface area (Å²) in [7, 11) is 0. The van der Waals surface area contributed by atoms with E-state index in [2.05, 4.69) is 10.3 Å². The zero-order chi connectivity index (χ0) is 30.4. The largest absolute Gasteiger partial charge is 0.492 e. The molecule has 4 rings (SSSR count). The Morgan fingerprint density at radius 1 is 1.07 bits per heavy atom. The number of hydrogen-bond acceptors (Lipinski definition) is 6. The third-order valence-corrected chi connectivity index (χ3v) is 7.08. The van der Waals surface area contributed by atoms with E-state index < -0.39 is 23.3 Å². The summed E-state index contributed by atoms with van der Waals surface area (Å²) in [5.41, 5.74) is 4.35. The molecule has 1 aliphatic heterocycles. The van der Waals surface area contributed by atoms with Crippen molar-refractivity contribution in [3.8, 4) is 5.75 Å². The fourth-order valence-corrected chi connectivity index (χ4v) is 5.04. The maximum Gasteiger partial charge on any atom is 0.416 e. The second-order valence-corrected chi connectivity index (χ2v) is 11.6. The van der Waals surface area contributed by atoms with Crippen molar-refractivity contribution in [3.63, 3.8) is 0 Å². The number of rotatable bonds is 8. The second-order valence-electron chi connectivity index (χ2n) is 11.6. The quantitative estimate of drug-likeness (QED) is 0.293. The van der Waals surface area contributed by atoms with E-state index in [9.17, 15) is 19.5 Å². The van der Waals surface area contributed by atoms with Crippen molar-refractivity contribution >= 4 is 34.9 Å². The van der Waals surface area contributed by atoms with Crippen molar-refractivity contribution in [2.45, 2.75) is 46.1 Å². The van der Waals surface area contributed by atoms with Crippen LogP contribution in [0.25, 0.3) is 17.0 Å². The van der Waals surface area contributed by atoms with Crippen LogP contribution in [0.5, 0.6) is 5.75 Å². The maximum absolute atomic E-state index is 13.3. The lowest BCUT2D eigenvalue weighted by atomic mass is 9.88. The molecule has 2 N–H and O–H groups in total. The number of ether oxygens (including phenoxy) is 2. The predicted octanol–water partition coefficient (Wildman–Crippen LogP) is 4.77. The topological polar surface area (TPSA) is 113 Å². The van der Waals surface area contributed by atoms with E-state index in [1.54, 1.807) is 56.3 Å². The number of benzene rings is 2. The number of aromatic nitrogens is 1. The maximum atomic E-state index is 13.3. The molecule has 3 aromatic rings. The molecule has 224 valence electrons. The van der Waals surface area contributed by atoms with E-state index in [1.807, 2.05) is 32.9 Å². The molecule has 0 unspecified atom stereocenters. The summed E-state index contributed by atoms with van der Waals surface area (Å²) in [6.45, 7) is 14.0. The number of hydrogen-bond donors (Lipinski definition) is 2. The molecule has 2 aromatic carbocycles. The molecule has 0 atom stereocenters. The molecule has 2 amide bonds. The molecule has 0 bridgehead atoms. The molecule has 1 aliphatic rings. The highest BCUT2D eigenvalue weighted by Gasteiger charge is 2.28. The van der Waals surface area contributed by atoms with Crippen LogP contribution in [0.2, 0.25) is 0 Å².